The van der Waals surface area contributed by atoms with Crippen LogP contribution in [0.2, 0.25) is 0 Å². The summed E-state index contributed by atoms with van der Waals surface area (Å²) in [6, 6.07) is 4.33. The Kier molecular flexibility index (Phi) is 5.88. The van der Waals surface area contributed by atoms with Gasteiger partial charge in [-0.3, -0.25) is 10.2 Å². The molecule has 1 aliphatic heterocycles. The number of alkyl halides is 1. The zero-order valence-corrected chi connectivity index (χ0v) is 16.5. The van der Waals surface area contributed by atoms with Gasteiger partial charge in [-0.05, 0) is 31.5 Å². The van der Waals surface area contributed by atoms with Crippen molar-refractivity contribution in [3.05, 3.63) is 23.8 Å². The van der Waals surface area contributed by atoms with Crippen LogP contribution in [-0.4, -0.2) is 56.6 Å². The summed E-state index contributed by atoms with van der Waals surface area (Å²) < 4.78 is 5.14. The van der Waals surface area contributed by atoms with Crippen LogP contribution in [0.5, 0.6) is 11.5 Å². The van der Waals surface area contributed by atoms with Gasteiger partial charge in [0.15, 0.2) is 11.5 Å². The first-order chi connectivity index (χ1) is 13.5. The van der Waals surface area contributed by atoms with Crippen LogP contribution in [-0.2, 0) is 4.79 Å². The molecule has 2 unspecified atom stereocenters. The van der Waals surface area contributed by atoms with Crippen molar-refractivity contribution in [3.8, 4) is 11.5 Å². The fraction of sp³-hybridized carbons (Fsp3) is 0.412. The molecule has 1 saturated heterocycles. The van der Waals surface area contributed by atoms with E-state index < -0.39 is 11.4 Å². The van der Waals surface area contributed by atoms with Gasteiger partial charge in [0.25, 0.3) is 5.91 Å². The molecule has 28 heavy (non-hydrogen) atoms. The predicted molar refractivity (Wildman–Crippen MR) is 106 cm³/mol. The molecular formula is C17H22ClN7O3. The van der Waals surface area contributed by atoms with Crippen LogP contribution in [0.3, 0.4) is 0 Å². The van der Waals surface area contributed by atoms with Crippen molar-refractivity contribution in [1.82, 2.24) is 20.0 Å². The fourth-order valence-corrected chi connectivity index (χ4v) is 3.15. The zero-order chi connectivity index (χ0) is 20.3. The topological polar surface area (TPSA) is 125 Å². The SMILES string of the molecule is CCNc1nc(NCC)nc(NN2C(=O)C(Cl)C2c2ccc(O)c(OC)c2)n1. The number of carbonyl (C=O) groups excluding carboxylic acids is 1. The summed E-state index contributed by atoms with van der Waals surface area (Å²) in [5.74, 6) is 0.960. The molecule has 150 valence electrons. The number of nitrogens with zero attached hydrogens (tertiary/aromatic N) is 4. The Balaban J connectivity index is 1.87. The molecule has 3 rings (SSSR count). The molecule has 1 amide bonds. The molecule has 0 aliphatic carbocycles. The van der Waals surface area contributed by atoms with E-state index in [1.807, 2.05) is 13.8 Å². The van der Waals surface area contributed by atoms with Gasteiger partial charge < -0.3 is 20.5 Å². The number of amides is 1. The van der Waals surface area contributed by atoms with E-state index in [0.29, 0.717) is 36.3 Å². The van der Waals surface area contributed by atoms with Crippen molar-refractivity contribution in [2.24, 2.45) is 0 Å². The van der Waals surface area contributed by atoms with E-state index in [1.165, 1.54) is 18.2 Å². The molecule has 11 heteroatoms. The minimum Gasteiger partial charge on any atom is -0.504 e. The molecule has 0 spiro atoms. The number of methoxy groups -OCH3 is 1. The van der Waals surface area contributed by atoms with E-state index in [9.17, 15) is 9.90 Å². The number of hydrazine groups is 1. The Morgan fingerprint density at radius 2 is 1.75 bits per heavy atom. The lowest BCUT2D eigenvalue weighted by Crippen LogP contribution is -2.58. The Labute approximate surface area is 167 Å². The second kappa shape index (κ2) is 8.34. The highest BCUT2D eigenvalue weighted by Crippen LogP contribution is 2.41. The van der Waals surface area contributed by atoms with Gasteiger partial charge in [-0.2, -0.15) is 15.0 Å². The maximum Gasteiger partial charge on any atom is 0.262 e. The van der Waals surface area contributed by atoms with E-state index >= 15 is 0 Å². The number of benzene rings is 1. The monoisotopic (exact) mass is 407 g/mol. The number of phenols is 1. The maximum atomic E-state index is 12.3. The first-order valence-electron chi connectivity index (χ1n) is 8.83. The highest BCUT2D eigenvalue weighted by atomic mass is 35.5. The van der Waals surface area contributed by atoms with Gasteiger partial charge in [0.2, 0.25) is 17.8 Å². The number of halogens is 1. The molecule has 1 aliphatic rings. The summed E-state index contributed by atoms with van der Waals surface area (Å²) in [6.45, 7) is 5.12. The van der Waals surface area contributed by atoms with Gasteiger partial charge in [-0.15, -0.1) is 11.6 Å². The number of ether oxygens (including phenoxy) is 1. The molecule has 1 aromatic carbocycles. The van der Waals surface area contributed by atoms with Gasteiger partial charge in [-0.1, -0.05) is 6.07 Å². The third-order valence-corrected chi connectivity index (χ3v) is 4.53. The number of aromatic nitrogens is 3. The molecule has 0 radical (unpaired) electrons. The van der Waals surface area contributed by atoms with E-state index in [0.717, 1.165) is 0 Å². The Bertz CT molecular complexity index is 842. The Morgan fingerprint density at radius 3 is 2.32 bits per heavy atom. The minimum atomic E-state index is -0.759. The van der Waals surface area contributed by atoms with Crippen molar-refractivity contribution < 1.29 is 14.6 Å². The van der Waals surface area contributed by atoms with E-state index in [1.54, 1.807) is 12.1 Å². The quantitative estimate of drug-likeness (QED) is 0.384. The summed E-state index contributed by atoms with van der Waals surface area (Å²) in [5.41, 5.74) is 3.61. The average Bonchev–Trinajstić information content (AvgIpc) is 2.69. The highest BCUT2D eigenvalue weighted by molar-refractivity contribution is 6.33. The summed E-state index contributed by atoms with van der Waals surface area (Å²) in [4.78, 5) is 25.1. The number of nitrogens with one attached hydrogen (secondary N) is 3. The largest absolute Gasteiger partial charge is 0.504 e. The molecule has 4 N–H and O–H groups in total. The second-order valence-electron chi connectivity index (χ2n) is 5.96. The van der Waals surface area contributed by atoms with Crippen molar-refractivity contribution in [2.75, 3.05) is 36.3 Å². The lowest BCUT2D eigenvalue weighted by Gasteiger charge is -2.44. The molecular weight excluding hydrogens is 386 g/mol. The Morgan fingerprint density at radius 1 is 1.14 bits per heavy atom. The van der Waals surface area contributed by atoms with Crippen LogP contribution in [0.1, 0.15) is 25.5 Å². The van der Waals surface area contributed by atoms with E-state index in [4.69, 9.17) is 16.3 Å². The van der Waals surface area contributed by atoms with E-state index in [2.05, 4.69) is 31.0 Å². The van der Waals surface area contributed by atoms with Crippen molar-refractivity contribution in [2.45, 2.75) is 25.3 Å². The van der Waals surface area contributed by atoms with Crippen LogP contribution in [0.15, 0.2) is 18.2 Å². The molecule has 1 aromatic heterocycles. The zero-order valence-electron chi connectivity index (χ0n) is 15.7. The van der Waals surface area contributed by atoms with Gasteiger partial charge in [0.05, 0.1) is 7.11 Å². The molecule has 10 nitrogen and oxygen atoms in total. The minimum absolute atomic E-state index is 0.00515. The number of aromatic hydroxyl groups is 1. The van der Waals surface area contributed by atoms with Gasteiger partial charge in [-0.25, -0.2) is 5.01 Å². The number of rotatable bonds is 8. The number of carbonyl (C=O) groups is 1. The van der Waals surface area contributed by atoms with Crippen LogP contribution < -0.4 is 20.8 Å². The normalized spacial score (nSPS) is 18.4. The molecule has 2 atom stereocenters. The van der Waals surface area contributed by atoms with Gasteiger partial charge >= 0.3 is 0 Å². The summed E-state index contributed by atoms with van der Waals surface area (Å²) in [7, 11) is 1.45. The Hall–Kier alpha value is -3.01. The van der Waals surface area contributed by atoms with Crippen LogP contribution in [0, 0.1) is 0 Å². The summed E-state index contributed by atoms with van der Waals surface area (Å²) in [5, 5.41) is 16.4. The number of anilines is 3. The van der Waals surface area contributed by atoms with Crippen molar-refractivity contribution in [1.29, 1.82) is 0 Å². The molecule has 0 saturated carbocycles. The summed E-state index contributed by atoms with van der Waals surface area (Å²) in [6.07, 6.45) is 0. The lowest BCUT2D eigenvalue weighted by atomic mass is 9.95. The molecule has 2 heterocycles. The first kappa shape index (κ1) is 19.7. The second-order valence-corrected chi connectivity index (χ2v) is 6.44. The smallest absolute Gasteiger partial charge is 0.262 e. The number of hydrogen-bond donors (Lipinski definition) is 4. The maximum absolute atomic E-state index is 12.3. The molecule has 0 bridgehead atoms. The number of hydrogen-bond acceptors (Lipinski definition) is 9. The highest BCUT2D eigenvalue weighted by Gasteiger charge is 2.48. The predicted octanol–water partition coefficient (Wildman–Crippen LogP) is 1.97. The third kappa shape index (κ3) is 3.81. The summed E-state index contributed by atoms with van der Waals surface area (Å²) >= 11 is 6.25. The van der Waals surface area contributed by atoms with Crippen LogP contribution in [0.4, 0.5) is 17.8 Å². The van der Waals surface area contributed by atoms with E-state index in [-0.39, 0.29) is 17.6 Å². The average molecular weight is 408 g/mol. The number of phenolic OH excluding ortho intramolecular Hbond substituents is 1. The molecule has 2 aromatic rings. The van der Waals surface area contributed by atoms with Crippen LogP contribution >= 0.6 is 11.6 Å². The van der Waals surface area contributed by atoms with Crippen molar-refractivity contribution in [3.63, 3.8) is 0 Å². The fourth-order valence-electron chi connectivity index (χ4n) is 2.78. The lowest BCUT2D eigenvalue weighted by molar-refractivity contribution is -0.143. The first-order valence-corrected chi connectivity index (χ1v) is 9.26. The van der Waals surface area contributed by atoms with Gasteiger partial charge in [0.1, 0.15) is 11.4 Å². The van der Waals surface area contributed by atoms with Crippen LogP contribution in [0.25, 0.3) is 0 Å². The van der Waals surface area contributed by atoms with Gasteiger partial charge in [0, 0.05) is 13.1 Å². The van der Waals surface area contributed by atoms with Crippen molar-refractivity contribution >= 4 is 35.4 Å². The standard InChI is InChI=1S/C17H22ClN7O3/c1-4-19-15-21-16(20-5-2)23-17(22-15)24-25-13(12(18)14(25)27)9-6-7-10(26)11(8-9)28-3/h6-8,12-13,26H,4-5H2,1-3H3,(H3,19,20,21,22,23,24). The third-order valence-electron chi connectivity index (χ3n) is 4.10. The number of β-lactam (4-membered cyclic amide) rings is 1. The molecule has 1 fully saturated rings.